The van der Waals surface area contributed by atoms with Crippen molar-refractivity contribution < 1.29 is 4.79 Å². The summed E-state index contributed by atoms with van der Waals surface area (Å²) < 4.78 is 0.873. The first-order valence-electron chi connectivity index (χ1n) is 7.83. The van der Waals surface area contributed by atoms with Crippen molar-refractivity contribution in [2.24, 2.45) is 11.7 Å². The highest BCUT2D eigenvalue weighted by molar-refractivity contribution is 9.10. The number of nitrogens with one attached hydrogen (secondary N) is 1. The minimum atomic E-state index is -0.260. The topological polar surface area (TPSA) is 79.2 Å². The minimum absolute atomic E-state index is 0.0654. The van der Waals surface area contributed by atoms with Gasteiger partial charge in [0.15, 0.2) is 0 Å². The Bertz CT molecular complexity index is 800. The Balaban J connectivity index is 2.00. The van der Waals surface area contributed by atoms with Crippen molar-refractivity contribution in [2.75, 3.05) is 13.1 Å². The number of likely N-dealkylation sites (tertiary alicyclic amines) is 1. The molecule has 5 nitrogen and oxygen atoms in total. The van der Waals surface area contributed by atoms with E-state index in [9.17, 15) is 9.59 Å². The molecule has 1 aliphatic heterocycles. The first kappa shape index (κ1) is 16.2. The maximum Gasteiger partial charge on any atom is 0.254 e. The third-order valence-corrected chi connectivity index (χ3v) is 5.02. The summed E-state index contributed by atoms with van der Waals surface area (Å²) >= 11 is 3.43. The molecule has 0 spiro atoms. The van der Waals surface area contributed by atoms with Crippen LogP contribution in [0.15, 0.2) is 33.5 Å². The van der Waals surface area contributed by atoms with Crippen LogP contribution in [0.2, 0.25) is 0 Å². The first-order valence-corrected chi connectivity index (χ1v) is 8.62. The molecule has 3 N–H and O–H groups in total. The molecule has 0 aliphatic carbocycles. The van der Waals surface area contributed by atoms with Crippen LogP contribution in [0.5, 0.6) is 0 Å². The number of nitrogens with zero attached hydrogens (tertiary/aromatic N) is 1. The molecule has 2 unspecified atom stereocenters. The zero-order valence-electron chi connectivity index (χ0n) is 13.0. The van der Waals surface area contributed by atoms with E-state index in [0.29, 0.717) is 30.1 Å². The van der Waals surface area contributed by atoms with Gasteiger partial charge >= 0.3 is 0 Å². The lowest BCUT2D eigenvalue weighted by molar-refractivity contribution is 0.0663. The van der Waals surface area contributed by atoms with Crippen LogP contribution in [-0.4, -0.2) is 34.9 Å². The number of amides is 1. The summed E-state index contributed by atoms with van der Waals surface area (Å²) in [6.45, 7) is 3.35. The smallest absolute Gasteiger partial charge is 0.254 e. The molecule has 0 radical (unpaired) electrons. The molecule has 1 saturated heterocycles. The average molecular weight is 378 g/mol. The summed E-state index contributed by atoms with van der Waals surface area (Å²) in [4.78, 5) is 29.5. The van der Waals surface area contributed by atoms with E-state index in [2.05, 4.69) is 20.9 Å². The van der Waals surface area contributed by atoms with Crippen molar-refractivity contribution in [1.82, 2.24) is 9.88 Å². The van der Waals surface area contributed by atoms with Crippen LogP contribution in [-0.2, 0) is 0 Å². The van der Waals surface area contributed by atoms with E-state index < -0.39 is 0 Å². The number of carbonyl (C=O) groups is 1. The Morgan fingerprint density at radius 2 is 2.22 bits per heavy atom. The Morgan fingerprint density at radius 1 is 1.43 bits per heavy atom. The number of aromatic nitrogens is 1. The second-order valence-electron chi connectivity index (χ2n) is 6.25. The monoisotopic (exact) mass is 377 g/mol. The largest absolute Gasteiger partial charge is 0.338 e. The SMILES string of the molecule is CC(N)C1CCCN(C(=O)c2cc(=O)[nH]c3ccc(Br)cc23)C1. The van der Waals surface area contributed by atoms with Crippen LogP contribution in [0, 0.1) is 5.92 Å². The summed E-state index contributed by atoms with van der Waals surface area (Å²) in [7, 11) is 0. The fourth-order valence-electron chi connectivity index (χ4n) is 3.20. The van der Waals surface area contributed by atoms with Gasteiger partial charge in [0.25, 0.3) is 5.91 Å². The molecule has 23 heavy (non-hydrogen) atoms. The zero-order chi connectivity index (χ0) is 16.6. The van der Waals surface area contributed by atoms with Crippen molar-refractivity contribution in [1.29, 1.82) is 0 Å². The van der Waals surface area contributed by atoms with Gasteiger partial charge in [-0.2, -0.15) is 0 Å². The summed E-state index contributed by atoms with van der Waals surface area (Å²) in [6.07, 6.45) is 1.99. The fraction of sp³-hybridized carbons (Fsp3) is 0.412. The number of carbonyl (C=O) groups excluding carboxylic acids is 1. The molecule has 0 bridgehead atoms. The maximum atomic E-state index is 13.0. The number of H-pyrrole nitrogens is 1. The number of pyridine rings is 1. The van der Waals surface area contributed by atoms with E-state index in [-0.39, 0.29) is 17.5 Å². The standard InChI is InChI=1S/C17H20BrN3O2/c1-10(19)11-3-2-6-21(9-11)17(23)14-8-16(22)20-15-5-4-12(18)7-13(14)15/h4-5,7-8,10-11H,2-3,6,9,19H2,1H3,(H,20,22). The number of halogens is 1. The van der Waals surface area contributed by atoms with E-state index >= 15 is 0 Å². The molecule has 6 heteroatoms. The Kier molecular flexibility index (Phi) is 4.55. The Morgan fingerprint density at radius 3 is 2.96 bits per heavy atom. The fourth-order valence-corrected chi connectivity index (χ4v) is 3.56. The van der Waals surface area contributed by atoms with Crippen molar-refractivity contribution in [3.63, 3.8) is 0 Å². The van der Waals surface area contributed by atoms with Crippen molar-refractivity contribution in [3.05, 3.63) is 44.7 Å². The third kappa shape index (κ3) is 3.33. The summed E-state index contributed by atoms with van der Waals surface area (Å²) in [6, 6.07) is 6.98. The van der Waals surface area contributed by atoms with E-state index in [1.807, 2.05) is 24.0 Å². The number of hydrogen-bond donors (Lipinski definition) is 2. The van der Waals surface area contributed by atoms with E-state index in [0.717, 1.165) is 22.7 Å². The Hall–Kier alpha value is -1.66. The van der Waals surface area contributed by atoms with Crippen molar-refractivity contribution in [2.45, 2.75) is 25.8 Å². The number of nitrogens with two attached hydrogens (primary N) is 1. The second-order valence-corrected chi connectivity index (χ2v) is 7.17. The van der Waals surface area contributed by atoms with E-state index in [1.165, 1.54) is 6.07 Å². The predicted octanol–water partition coefficient (Wildman–Crippen LogP) is 2.49. The molecule has 2 aromatic rings. The van der Waals surface area contributed by atoms with Gasteiger partial charge in [-0.3, -0.25) is 9.59 Å². The number of piperidine rings is 1. The molecule has 1 aliphatic rings. The van der Waals surface area contributed by atoms with Gasteiger partial charge in [-0.25, -0.2) is 0 Å². The highest BCUT2D eigenvalue weighted by Crippen LogP contribution is 2.24. The molecule has 2 atom stereocenters. The minimum Gasteiger partial charge on any atom is -0.338 e. The third-order valence-electron chi connectivity index (χ3n) is 4.52. The van der Waals surface area contributed by atoms with Crippen LogP contribution in [0.25, 0.3) is 10.9 Å². The van der Waals surface area contributed by atoms with Gasteiger partial charge in [-0.15, -0.1) is 0 Å². The zero-order valence-corrected chi connectivity index (χ0v) is 14.6. The summed E-state index contributed by atoms with van der Waals surface area (Å²) in [5.74, 6) is 0.220. The lowest BCUT2D eigenvalue weighted by Crippen LogP contribution is -2.45. The molecule has 1 aromatic carbocycles. The van der Waals surface area contributed by atoms with Crippen LogP contribution in [0.1, 0.15) is 30.1 Å². The predicted molar refractivity (Wildman–Crippen MR) is 94.5 cm³/mol. The van der Waals surface area contributed by atoms with E-state index in [4.69, 9.17) is 5.73 Å². The Labute approximate surface area is 143 Å². The quantitative estimate of drug-likeness (QED) is 0.843. The van der Waals surface area contributed by atoms with Gasteiger partial charge in [-0.05, 0) is 43.9 Å². The van der Waals surface area contributed by atoms with Crippen LogP contribution < -0.4 is 11.3 Å². The van der Waals surface area contributed by atoms with E-state index in [1.54, 1.807) is 6.07 Å². The lowest BCUT2D eigenvalue weighted by Gasteiger charge is -2.34. The normalized spacial score (nSPS) is 19.8. The van der Waals surface area contributed by atoms with Gasteiger partial charge in [0.2, 0.25) is 5.56 Å². The van der Waals surface area contributed by atoms with Crippen molar-refractivity contribution >= 4 is 32.7 Å². The molecule has 2 heterocycles. The summed E-state index contributed by atoms with van der Waals surface area (Å²) in [5.41, 5.74) is 6.87. The average Bonchev–Trinajstić information content (AvgIpc) is 2.54. The van der Waals surface area contributed by atoms with Gasteiger partial charge < -0.3 is 15.6 Å². The molecule has 1 fully saturated rings. The maximum absolute atomic E-state index is 13.0. The van der Waals surface area contributed by atoms with Gasteiger partial charge in [-0.1, -0.05) is 15.9 Å². The molecule has 122 valence electrons. The highest BCUT2D eigenvalue weighted by atomic mass is 79.9. The molecular weight excluding hydrogens is 358 g/mol. The molecule has 3 rings (SSSR count). The van der Waals surface area contributed by atoms with Gasteiger partial charge in [0.05, 0.1) is 5.56 Å². The summed E-state index contributed by atoms with van der Waals surface area (Å²) in [5, 5.41) is 0.756. The highest BCUT2D eigenvalue weighted by Gasteiger charge is 2.27. The second kappa shape index (κ2) is 6.45. The number of aromatic amines is 1. The van der Waals surface area contributed by atoms with Crippen LogP contribution in [0.3, 0.4) is 0 Å². The van der Waals surface area contributed by atoms with Crippen LogP contribution in [0.4, 0.5) is 0 Å². The van der Waals surface area contributed by atoms with Crippen molar-refractivity contribution in [3.8, 4) is 0 Å². The number of rotatable bonds is 2. The lowest BCUT2D eigenvalue weighted by atomic mass is 9.91. The number of hydrogen-bond acceptors (Lipinski definition) is 3. The molecule has 0 saturated carbocycles. The number of fused-ring (bicyclic) bond motifs is 1. The molecule has 1 aromatic heterocycles. The van der Waals surface area contributed by atoms with Crippen LogP contribution >= 0.6 is 15.9 Å². The first-order chi connectivity index (χ1) is 11.0. The molecule has 1 amide bonds. The van der Waals surface area contributed by atoms with Gasteiger partial charge in [0.1, 0.15) is 0 Å². The van der Waals surface area contributed by atoms with Gasteiger partial charge in [0, 0.05) is 40.6 Å². The number of benzene rings is 1. The molecular formula is C17H20BrN3O2.